The molecule has 0 aliphatic carbocycles. The van der Waals surface area contributed by atoms with Crippen molar-refractivity contribution in [2.24, 2.45) is 5.92 Å². The molecule has 1 saturated heterocycles. The van der Waals surface area contributed by atoms with Gasteiger partial charge in [0.1, 0.15) is 0 Å². The zero-order chi connectivity index (χ0) is 14.0. The fraction of sp³-hybridized carbons (Fsp3) is 0.467. The van der Waals surface area contributed by atoms with Gasteiger partial charge in [-0.1, -0.05) is 0 Å². The smallest absolute Gasteiger partial charge is 0.306 e. The molecule has 1 unspecified atom stereocenters. The molecule has 1 aromatic carbocycles. The molecule has 1 atom stereocenters. The maximum Gasteiger partial charge on any atom is 0.306 e. The summed E-state index contributed by atoms with van der Waals surface area (Å²) in [6.07, 6.45) is 1.31. The lowest BCUT2D eigenvalue weighted by atomic mass is 9.82. The van der Waals surface area contributed by atoms with Crippen LogP contribution in [-0.2, 0) is 4.79 Å². The topological polar surface area (TPSA) is 64.3 Å². The number of aliphatic carboxylic acids is 1. The van der Waals surface area contributed by atoms with Crippen LogP contribution in [-0.4, -0.2) is 23.2 Å². The van der Waals surface area contributed by atoms with E-state index in [1.54, 1.807) is 12.1 Å². The molecule has 0 amide bonds. The van der Waals surface area contributed by atoms with Crippen LogP contribution in [0.15, 0.2) is 24.3 Å². The highest BCUT2D eigenvalue weighted by atomic mass is 16.4. The number of carbonyl (C=O) groups is 1. The molecule has 1 aliphatic rings. The summed E-state index contributed by atoms with van der Waals surface area (Å²) in [7, 11) is 0. The van der Waals surface area contributed by atoms with Crippen LogP contribution in [0.4, 0.5) is 5.69 Å². The average Bonchev–Trinajstić information content (AvgIpc) is 2.37. The van der Waals surface area contributed by atoms with Gasteiger partial charge in [0.25, 0.3) is 0 Å². The van der Waals surface area contributed by atoms with Crippen molar-refractivity contribution in [2.75, 3.05) is 11.4 Å². The van der Waals surface area contributed by atoms with E-state index in [0.29, 0.717) is 18.4 Å². The first-order valence-corrected chi connectivity index (χ1v) is 6.44. The summed E-state index contributed by atoms with van der Waals surface area (Å²) in [6, 6.07) is 9.57. The first-order valence-electron chi connectivity index (χ1n) is 6.44. The summed E-state index contributed by atoms with van der Waals surface area (Å²) in [4.78, 5) is 13.3. The molecule has 4 heteroatoms. The number of hydrogen-bond acceptors (Lipinski definition) is 3. The van der Waals surface area contributed by atoms with Crippen molar-refractivity contribution in [1.82, 2.24) is 0 Å². The van der Waals surface area contributed by atoms with E-state index in [4.69, 9.17) is 10.4 Å². The first kappa shape index (κ1) is 13.4. The highest BCUT2D eigenvalue weighted by Crippen LogP contribution is 2.35. The molecule has 4 nitrogen and oxygen atoms in total. The Morgan fingerprint density at radius 2 is 2.05 bits per heavy atom. The molecular weight excluding hydrogens is 240 g/mol. The van der Waals surface area contributed by atoms with E-state index in [2.05, 4.69) is 24.8 Å². The van der Waals surface area contributed by atoms with Crippen molar-refractivity contribution in [3.8, 4) is 6.07 Å². The lowest BCUT2D eigenvalue weighted by molar-refractivity contribution is -0.143. The molecule has 0 aromatic heterocycles. The highest BCUT2D eigenvalue weighted by molar-refractivity contribution is 5.71. The average molecular weight is 258 g/mol. The van der Waals surface area contributed by atoms with Gasteiger partial charge in [-0.15, -0.1) is 0 Å². The fourth-order valence-corrected chi connectivity index (χ4v) is 2.81. The normalized spacial score (nSPS) is 21.7. The van der Waals surface area contributed by atoms with Gasteiger partial charge in [-0.2, -0.15) is 5.26 Å². The van der Waals surface area contributed by atoms with Crippen LogP contribution < -0.4 is 4.90 Å². The summed E-state index contributed by atoms with van der Waals surface area (Å²) < 4.78 is 0. The van der Waals surface area contributed by atoms with Crippen molar-refractivity contribution in [3.63, 3.8) is 0 Å². The van der Waals surface area contributed by atoms with Crippen LogP contribution in [0, 0.1) is 17.2 Å². The molecular formula is C15H18N2O2. The van der Waals surface area contributed by atoms with Gasteiger partial charge in [0, 0.05) is 17.8 Å². The largest absolute Gasteiger partial charge is 0.481 e. The number of rotatable bonds is 2. The summed E-state index contributed by atoms with van der Waals surface area (Å²) in [5, 5.41) is 17.9. The Morgan fingerprint density at radius 1 is 1.42 bits per heavy atom. The van der Waals surface area contributed by atoms with E-state index in [-0.39, 0.29) is 11.5 Å². The Bertz CT molecular complexity index is 514. The van der Waals surface area contributed by atoms with Crippen molar-refractivity contribution < 1.29 is 9.90 Å². The number of benzene rings is 1. The third-order valence-electron chi connectivity index (χ3n) is 3.84. The van der Waals surface area contributed by atoms with Crippen LogP contribution in [0.25, 0.3) is 0 Å². The standard InChI is InChI=1S/C15H18N2O2/c1-15(2)9-12(14(18)19)7-8-17(15)13-5-3-11(10-16)4-6-13/h3-6,12H,7-9H2,1-2H3,(H,18,19). The zero-order valence-corrected chi connectivity index (χ0v) is 11.3. The maximum atomic E-state index is 11.1. The van der Waals surface area contributed by atoms with Gasteiger partial charge >= 0.3 is 5.97 Å². The summed E-state index contributed by atoms with van der Waals surface area (Å²) in [5.74, 6) is -0.961. The second-order valence-electron chi connectivity index (χ2n) is 5.65. The predicted octanol–water partition coefficient (Wildman–Crippen LogP) is 2.64. The molecule has 0 bridgehead atoms. The van der Waals surface area contributed by atoms with Gasteiger partial charge in [0.05, 0.1) is 17.6 Å². The molecule has 19 heavy (non-hydrogen) atoms. The molecule has 0 saturated carbocycles. The van der Waals surface area contributed by atoms with Crippen molar-refractivity contribution >= 4 is 11.7 Å². The van der Waals surface area contributed by atoms with E-state index >= 15 is 0 Å². The maximum absolute atomic E-state index is 11.1. The van der Waals surface area contributed by atoms with Crippen LogP contribution in [0.2, 0.25) is 0 Å². The zero-order valence-electron chi connectivity index (χ0n) is 11.3. The number of anilines is 1. The Kier molecular flexibility index (Phi) is 3.48. The second-order valence-corrected chi connectivity index (χ2v) is 5.65. The van der Waals surface area contributed by atoms with E-state index in [0.717, 1.165) is 12.2 Å². The molecule has 1 aromatic rings. The lowest BCUT2D eigenvalue weighted by Gasteiger charge is -2.46. The molecule has 0 spiro atoms. The van der Waals surface area contributed by atoms with Gasteiger partial charge in [0.2, 0.25) is 0 Å². The summed E-state index contributed by atoms with van der Waals surface area (Å²) in [6.45, 7) is 4.87. The highest BCUT2D eigenvalue weighted by Gasteiger charge is 2.37. The van der Waals surface area contributed by atoms with Crippen LogP contribution in [0.1, 0.15) is 32.3 Å². The number of nitrogens with zero attached hydrogens (tertiary/aromatic N) is 2. The first-order chi connectivity index (χ1) is 8.94. The SMILES string of the molecule is CC1(C)CC(C(=O)O)CCN1c1ccc(C#N)cc1. The molecule has 1 fully saturated rings. The monoisotopic (exact) mass is 258 g/mol. The van der Waals surface area contributed by atoms with Gasteiger partial charge in [0.15, 0.2) is 0 Å². The lowest BCUT2D eigenvalue weighted by Crippen LogP contribution is -2.51. The molecule has 1 aliphatic heterocycles. The Balaban J connectivity index is 2.21. The molecule has 1 N–H and O–H groups in total. The van der Waals surface area contributed by atoms with E-state index in [1.165, 1.54) is 0 Å². The number of carboxylic acid groups (broad SMARTS) is 1. The molecule has 2 rings (SSSR count). The minimum atomic E-state index is -0.701. The fourth-order valence-electron chi connectivity index (χ4n) is 2.81. The number of nitriles is 1. The van der Waals surface area contributed by atoms with E-state index in [9.17, 15) is 4.79 Å². The summed E-state index contributed by atoms with van der Waals surface area (Å²) in [5.41, 5.74) is 1.50. The van der Waals surface area contributed by atoms with E-state index in [1.807, 2.05) is 12.1 Å². The Morgan fingerprint density at radius 3 is 2.53 bits per heavy atom. The van der Waals surface area contributed by atoms with Crippen molar-refractivity contribution in [2.45, 2.75) is 32.2 Å². The van der Waals surface area contributed by atoms with Crippen molar-refractivity contribution in [1.29, 1.82) is 5.26 Å². The van der Waals surface area contributed by atoms with E-state index < -0.39 is 5.97 Å². The van der Waals surface area contributed by atoms with Crippen LogP contribution >= 0.6 is 0 Å². The summed E-state index contributed by atoms with van der Waals surface area (Å²) >= 11 is 0. The molecule has 1 heterocycles. The van der Waals surface area contributed by atoms with Gasteiger partial charge in [-0.25, -0.2) is 0 Å². The molecule has 100 valence electrons. The molecule has 0 radical (unpaired) electrons. The van der Waals surface area contributed by atoms with Crippen LogP contribution in [0.3, 0.4) is 0 Å². The number of carboxylic acids is 1. The van der Waals surface area contributed by atoms with Gasteiger partial charge in [-0.3, -0.25) is 4.79 Å². The minimum Gasteiger partial charge on any atom is -0.481 e. The Hall–Kier alpha value is -2.02. The minimum absolute atomic E-state index is 0.185. The quantitative estimate of drug-likeness (QED) is 0.885. The number of piperidine rings is 1. The predicted molar refractivity (Wildman–Crippen MR) is 72.9 cm³/mol. The Labute approximate surface area is 113 Å². The van der Waals surface area contributed by atoms with Gasteiger partial charge in [-0.05, 0) is 51.0 Å². The third-order valence-corrected chi connectivity index (χ3v) is 3.84. The second kappa shape index (κ2) is 4.93. The third kappa shape index (κ3) is 2.70. The van der Waals surface area contributed by atoms with Crippen LogP contribution in [0.5, 0.6) is 0 Å². The van der Waals surface area contributed by atoms with Gasteiger partial charge < -0.3 is 10.0 Å². The number of hydrogen-bond donors (Lipinski definition) is 1. The van der Waals surface area contributed by atoms with Crippen molar-refractivity contribution in [3.05, 3.63) is 29.8 Å².